The van der Waals surface area contributed by atoms with E-state index >= 15 is 0 Å². The summed E-state index contributed by atoms with van der Waals surface area (Å²) in [6.45, 7) is 16.3. The number of rotatable bonds is 7. The molecule has 0 fully saturated rings. The summed E-state index contributed by atoms with van der Waals surface area (Å²) in [6, 6.07) is 34.3. The molecular weight excluding hydrogens is 735 g/mol. The average molecular weight is 789 g/mol. The van der Waals surface area contributed by atoms with Crippen LogP contribution >= 0.6 is 0 Å². The van der Waals surface area contributed by atoms with Gasteiger partial charge >= 0.3 is 283 Å². The van der Waals surface area contributed by atoms with E-state index in [1.54, 1.807) is 11.1 Å². The summed E-state index contributed by atoms with van der Waals surface area (Å²) in [5, 5.41) is 0. The van der Waals surface area contributed by atoms with E-state index < -0.39 is 17.1 Å². The predicted molar refractivity (Wildman–Crippen MR) is 203 cm³/mol. The average Bonchev–Trinajstić information content (AvgIpc) is 3.67. The molecule has 2 unspecified atom stereocenters. The molecule has 2 aliphatic rings. The van der Waals surface area contributed by atoms with E-state index in [0.717, 1.165) is 0 Å². The standard InChI is InChI=1S/2C19H19.C4H10Si.2CH3.Hf/c2*1-19(2,3)16-10-4-9-15(13-16)18-12-6-8-14-7-5-11-17(14)18;1-2-3-4-5;;;/h2*4-13H,1-3H3;5H,2-4H2,1H3;2*1H3;. The van der Waals surface area contributed by atoms with Crippen LogP contribution in [0.4, 0.5) is 0 Å². The molecule has 238 valence electrons. The summed E-state index contributed by atoms with van der Waals surface area (Å²) in [5.74, 6) is 0. The number of hydrogen-bond acceptors (Lipinski definition) is 0. The maximum atomic E-state index is 2.86. The van der Waals surface area contributed by atoms with Crippen molar-refractivity contribution >= 4 is 18.4 Å². The van der Waals surface area contributed by atoms with Gasteiger partial charge in [-0.3, -0.25) is 0 Å². The van der Waals surface area contributed by atoms with E-state index in [4.69, 9.17) is 0 Å². The zero-order valence-electron chi connectivity index (χ0n) is 29.7. The van der Waals surface area contributed by atoms with Crippen LogP contribution in [0.1, 0.15) is 102 Å². The zero-order chi connectivity index (χ0) is 32.9. The van der Waals surface area contributed by atoms with Crippen molar-refractivity contribution in [1.82, 2.24) is 0 Å². The van der Waals surface area contributed by atoms with Crippen molar-refractivity contribution in [2.75, 3.05) is 0 Å². The second-order valence-corrected chi connectivity index (χ2v) is 61.4. The third-order valence-corrected chi connectivity index (χ3v) is 53.8. The fourth-order valence-electron chi connectivity index (χ4n) is 8.28. The summed E-state index contributed by atoms with van der Waals surface area (Å²) in [5.41, 5.74) is 14.7. The number of allylic oxidation sites excluding steroid dienone is 2. The van der Waals surface area contributed by atoms with Crippen LogP contribution in [0.3, 0.4) is 0 Å². The van der Waals surface area contributed by atoms with Gasteiger partial charge in [-0.05, 0) is 0 Å². The van der Waals surface area contributed by atoms with Crippen molar-refractivity contribution in [3.8, 4) is 22.3 Å². The molecule has 6 rings (SSSR count). The van der Waals surface area contributed by atoms with Crippen molar-refractivity contribution < 1.29 is 17.1 Å². The van der Waals surface area contributed by atoms with Gasteiger partial charge in [-0.15, -0.1) is 0 Å². The number of benzene rings is 4. The number of fused-ring (bicyclic) bond motifs is 2. The van der Waals surface area contributed by atoms with Gasteiger partial charge in [0, 0.05) is 0 Å². The molecule has 0 spiro atoms. The van der Waals surface area contributed by atoms with Gasteiger partial charge in [0.15, 0.2) is 0 Å². The van der Waals surface area contributed by atoms with E-state index in [0.29, 0.717) is 13.6 Å². The van der Waals surface area contributed by atoms with Gasteiger partial charge in [0.05, 0.1) is 0 Å². The molecule has 2 heteroatoms. The van der Waals surface area contributed by atoms with E-state index in [2.05, 4.69) is 167 Å². The Hall–Kier alpha value is -2.55. The van der Waals surface area contributed by atoms with Crippen molar-refractivity contribution in [3.63, 3.8) is 0 Å². The van der Waals surface area contributed by atoms with E-state index in [-0.39, 0.29) is 10.8 Å². The Balaban J connectivity index is 1.48. The van der Waals surface area contributed by atoms with Crippen molar-refractivity contribution in [2.24, 2.45) is 0 Å². The molecule has 0 nitrogen and oxygen atoms in total. The first-order valence-corrected chi connectivity index (χ1v) is 36.6. The Labute approximate surface area is 281 Å². The molecule has 2 aliphatic carbocycles. The maximum absolute atomic E-state index is 3.72. The molecule has 0 saturated carbocycles. The zero-order valence-corrected chi connectivity index (χ0v) is 34.5. The van der Waals surface area contributed by atoms with E-state index in [1.165, 1.54) is 63.4 Å². The SMILES string of the molecule is CCCC[SiH]=[Hf]([CH3])([CH3])([CH]1C=Cc2c(-c3cccc(C(C)(C)C)c3)cccc21)[CH]1C=Cc2c(-c3cccc(C(C)(C)C)c3)cccc21. The monoisotopic (exact) mass is 790 g/mol. The molecule has 0 heterocycles. The van der Waals surface area contributed by atoms with Crippen LogP contribution in [0, 0.1) is 0 Å². The molecule has 0 bridgehead atoms. The molecule has 0 aliphatic heterocycles. The van der Waals surface area contributed by atoms with E-state index in [9.17, 15) is 0 Å². The van der Waals surface area contributed by atoms with Gasteiger partial charge in [0.2, 0.25) is 0 Å². The molecule has 0 amide bonds. The fourth-order valence-corrected chi connectivity index (χ4v) is 47.9. The van der Waals surface area contributed by atoms with Crippen LogP contribution in [-0.2, 0) is 28.0 Å². The minimum atomic E-state index is -3.72. The Bertz CT molecular complexity index is 1790. The number of hydrogen-bond donors (Lipinski definition) is 0. The van der Waals surface area contributed by atoms with Crippen molar-refractivity contribution in [3.05, 3.63) is 130 Å². The summed E-state index contributed by atoms with van der Waals surface area (Å²) in [6.07, 6.45) is 13.4. The van der Waals surface area contributed by atoms with Gasteiger partial charge in [-0.1, -0.05) is 0 Å². The molecule has 0 radical (unpaired) electrons. The second-order valence-electron chi connectivity index (χ2n) is 17.0. The fraction of sp³-hybridized carbons (Fsp3) is 0.364. The summed E-state index contributed by atoms with van der Waals surface area (Å²) >= 11 is -3.72. The molecule has 0 N–H and O–H groups in total. The van der Waals surface area contributed by atoms with Crippen LogP contribution < -0.4 is 0 Å². The van der Waals surface area contributed by atoms with Gasteiger partial charge < -0.3 is 0 Å². The normalized spacial score (nSPS) is 17.7. The van der Waals surface area contributed by atoms with Gasteiger partial charge in [0.25, 0.3) is 0 Å². The van der Waals surface area contributed by atoms with Crippen LogP contribution in [0.15, 0.2) is 97.1 Å². The Morgan fingerprint density at radius 3 is 1.46 bits per heavy atom. The van der Waals surface area contributed by atoms with Gasteiger partial charge in [-0.25, -0.2) is 0 Å². The van der Waals surface area contributed by atoms with Crippen LogP contribution in [0.25, 0.3) is 34.4 Å². The minimum absolute atomic E-state index is 0.132. The van der Waals surface area contributed by atoms with E-state index in [1.807, 2.05) is 0 Å². The van der Waals surface area contributed by atoms with Crippen molar-refractivity contribution in [2.45, 2.75) is 94.9 Å². The summed E-state index contributed by atoms with van der Waals surface area (Å²) in [4.78, 5) is 0. The predicted octanol–water partition coefficient (Wildman–Crippen LogP) is 12.8. The molecule has 4 aromatic rings. The third-order valence-electron chi connectivity index (χ3n) is 11.2. The molecule has 2 atom stereocenters. The first kappa shape index (κ1) is 33.4. The van der Waals surface area contributed by atoms with Gasteiger partial charge in [-0.2, -0.15) is 0 Å². The number of unbranched alkanes of at least 4 members (excludes halogenated alkanes) is 1. The topological polar surface area (TPSA) is 0 Å². The Morgan fingerprint density at radius 2 is 1.04 bits per heavy atom. The van der Waals surface area contributed by atoms with Crippen molar-refractivity contribution in [1.29, 1.82) is 0 Å². The molecule has 0 saturated heterocycles. The Kier molecular flexibility index (Phi) is 8.81. The quantitative estimate of drug-likeness (QED) is 0.129. The first-order valence-electron chi connectivity index (χ1n) is 17.6. The Morgan fingerprint density at radius 1 is 0.609 bits per heavy atom. The van der Waals surface area contributed by atoms with Crippen LogP contribution in [0.5, 0.6) is 0 Å². The molecule has 0 aromatic heterocycles. The molecular formula is C44H54HfSi. The molecule has 4 aromatic carbocycles. The first-order chi connectivity index (χ1) is 21.7. The summed E-state index contributed by atoms with van der Waals surface area (Å²) < 4.78 is 6.85. The van der Waals surface area contributed by atoms with Gasteiger partial charge in [0.1, 0.15) is 0 Å². The van der Waals surface area contributed by atoms with Crippen LogP contribution in [0.2, 0.25) is 15.4 Å². The third kappa shape index (κ3) is 5.98. The second kappa shape index (κ2) is 12.2. The molecule has 46 heavy (non-hydrogen) atoms. The van der Waals surface area contributed by atoms with Crippen LogP contribution in [-0.4, -0.2) is 6.22 Å². The summed E-state index contributed by atoms with van der Waals surface area (Å²) in [7, 11) is 0.